The van der Waals surface area contributed by atoms with Gasteiger partial charge < -0.3 is 15.2 Å². The van der Waals surface area contributed by atoms with Crippen molar-refractivity contribution in [3.63, 3.8) is 0 Å². The number of nitriles is 1. The minimum absolute atomic E-state index is 0.109. The van der Waals surface area contributed by atoms with Crippen molar-refractivity contribution in [1.29, 1.82) is 5.26 Å². The molecule has 0 fully saturated rings. The molecule has 2 N–H and O–H groups in total. The van der Waals surface area contributed by atoms with Gasteiger partial charge in [0.05, 0.1) is 11.7 Å². The number of pyridine rings is 1. The average Bonchev–Trinajstić information content (AvgIpc) is 2.52. The van der Waals surface area contributed by atoms with Gasteiger partial charge in [-0.15, -0.1) is 13.2 Å². The molecule has 0 saturated carbocycles. The molecule has 0 amide bonds. The molecular formula is C15H12F3N3O2. The minimum Gasteiger partial charge on any atom is -0.406 e. The minimum atomic E-state index is -4.75. The third-order valence-corrected chi connectivity index (χ3v) is 2.87. The van der Waals surface area contributed by atoms with E-state index in [1.54, 1.807) is 12.1 Å². The van der Waals surface area contributed by atoms with E-state index in [-0.39, 0.29) is 12.3 Å². The lowest BCUT2D eigenvalue weighted by Crippen LogP contribution is -2.17. The van der Waals surface area contributed by atoms with Crippen LogP contribution in [0.1, 0.15) is 17.2 Å². The van der Waals surface area contributed by atoms with Crippen LogP contribution in [0.5, 0.6) is 5.75 Å². The van der Waals surface area contributed by atoms with Gasteiger partial charge >= 0.3 is 6.36 Å². The van der Waals surface area contributed by atoms with Crippen molar-refractivity contribution in [2.24, 2.45) is 0 Å². The Morgan fingerprint density at radius 1 is 1.22 bits per heavy atom. The number of halogens is 3. The number of hydrogen-bond acceptors (Lipinski definition) is 5. The number of rotatable bonds is 5. The van der Waals surface area contributed by atoms with Crippen molar-refractivity contribution in [1.82, 2.24) is 4.98 Å². The smallest absolute Gasteiger partial charge is 0.406 e. The third kappa shape index (κ3) is 5.16. The van der Waals surface area contributed by atoms with Crippen molar-refractivity contribution < 1.29 is 23.0 Å². The van der Waals surface area contributed by atoms with Crippen LogP contribution in [0.2, 0.25) is 0 Å². The van der Waals surface area contributed by atoms with Gasteiger partial charge in [-0.05, 0) is 29.8 Å². The number of nitrogens with zero attached hydrogens (tertiary/aromatic N) is 2. The van der Waals surface area contributed by atoms with Crippen LogP contribution in [0, 0.1) is 11.3 Å². The van der Waals surface area contributed by atoms with Crippen molar-refractivity contribution in [2.75, 3.05) is 11.9 Å². The van der Waals surface area contributed by atoms with E-state index >= 15 is 0 Å². The molecule has 0 saturated heterocycles. The lowest BCUT2D eigenvalue weighted by atomic mass is 10.1. The van der Waals surface area contributed by atoms with Crippen LogP contribution < -0.4 is 10.1 Å². The van der Waals surface area contributed by atoms with Crippen LogP contribution >= 0.6 is 0 Å². The molecule has 2 rings (SSSR count). The number of alkyl halides is 3. The van der Waals surface area contributed by atoms with Crippen molar-refractivity contribution in [2.45, 2.75) is 12.5 Å². The Bertz CT molecular complexity index is 679. The zero-order valence-corrected chi connectivity index (χ0v) is 11.7. The van der Waals surface area contributed by atoms with E-state index in [4.69, 9.17) is 5.26 Å². The van der Waals surface area contributed by atoms with E-state index in [1.807, 2.05) is 6.07 Å². The Balaban J connectivity index is 1.92. The lowest BCUT2D eigenvalue weighted by Gasteiger charge is -2.14. The molecule has 0 bridgehead atoms. The van der Waals surface area contributed by atoms with Crippen molar-refractivity contribution in [3.8, 4) is 11.8 Å². The molecule has 1 heterocycles. The second-order valence-electron chi connectivity index (χ2n) is 4.56. The lowest BCUT2D eigenvalue weighted by molar-refractivity contribution is -0.274. The highest BCUT2D eigenvalue weighted by Gasteiger charge is 2.31. The van der Waals surface area contributed by atoms with Gasteiger partial charge in [-0.2, -0.15) is 5.26 Å². The molecule has 1 atom stereocenters. The Kier molecular flexibility index (Phi) is 5.03. The highest BCUT2D eigenvalue weighted by Crippen LogP contribution is 2.24. The van der Waals surface area contributed by atoms with Crippen LogP contribution in [0.15, 0.2) is 42.6 Å². The number of aliphatic hydroxyl groups is 1. The van der Waals surface area contributed by atoms with E-state index in [1.165, 1.54) is 18.3 Å². The van der Waals surface area contributed by atoms with E-state index < -0.39 is 12.5 Å². The predicted molar refractivity (Wildman–Crippen MR) is 75.5 cm³/mol. The Labute approximate surface area is 130 Å². The van der Waals surface area contributed by atoms with Gasteiger partial charge in [0.25, 0.3) is 0 Å². The summed E-state index contributed by atoms with van der Waals surface area (Å²) in [6.07, 6.45) is -4.30. The fourth-order valence-electron chi connectivity index (χ4n) is 1.78. The second kappa shape index (κ2) is 6.98. The quantitative estimate of drug-likeness (QED) is 0.884. The molecule has 120 valence electrons. The molecule has 0 radical (unpaired) electrons. The number of aliphatic hydroxyl groups excluding tert-OH is 1. The SMILES string of the molecule is N#Cc1ccc(NCC(O)c2ccc(OC(F)(F)F)cc2)nc1. The molecule has 5 nitrogen and oxygen atoms in total. The summed E-state index contributed by atoms with van der Waals surface area (Å²) < 4.78 is 39.9. The van der Waals surface area contributed by atoms with Gasteiger partial charge in [-0.1, -0.05) is 12.1 Å². The van der Waals surface area contributed by atoms with E-state index in [2.05, 4.69) is 15.0 Å². The summed E-state index contributed by atoms with van der Waals surface area (Å²) in [4.78, 5) is 3.98. The predicted octanol–water partition coefficient (Wildman–Crippen LogP) is 3.00. The number of hydrogen-bond donors (Lipinski definition) is 2. The Hall–Kier alpha value is -2.79. The maximum atomic E-state index is 12.1. The van der Waals surface area contributed by atoms with Crippen LogP contribution in [0.3, 0.4) is 0 Å². The first-order valence-electron chi connectivity index (χ1n) is 6.51. The highest BCUT2D eigenvalue weighted by atomic mass is 19.4. The fourth-order valence-corrected chi connectivity index (χ4v) is 1.78. The number of nitrogens with one attached hydrogen (secondary N) is 1. The molecule has 1 aromatic carbocycles. The van der Waals surface area contributed by atoms with Crippen LogP contribution in [-0.2, 0) is 0 Å². The maximum Gasteiger partial charge on any atom is 0.573 e. The molecule has 23 heavy (non-hydrogen) atoms. The molecule has 0 aliphatic rings. The first-order valence-corrected chi connectivity index (χ1v) is 6.51. The number of benzene rings is 1. The van der Waals surface area contributed by atoms with E-state index in [0.717, 1.165) is 12.1 Å². The molecule has 8 heteroatoms. The van der Waals surface area contributed by atoms with Crippen molar-refractivity contribution >= 4 is 5.82 Å². The molecule has 1 aromatic heterocycles. The van der Waals surface area contributed by atoms with Gasteiger partial charge in [0, 0.05) is 12.7 Å². The third-order valence-electron chi connectivity index (χ3n) is 2.87. The van der Waals surface area contributed by atoms with E-state index in [0.29, 0.717) is 16.9 Å². The van der Waals surface area contributed by atoms with Gasteiger partial charge in [0.1, 0.15) is 17.6 Å². The van der Waals surface area contributed by atoms with Crippen LogP contribution in [-0.4, -0.2) is 23.0 Å². The Morgan fingerprint density at radius 3 is 2.43 bits per heavy atom. The first-order chi connectivity index (χ1) is 10.9. The van der Waals surface area contributed by atoms with Crippen molar-refractivity contribution in [3.05, 3.63) is 53.7 Å². The summed E-state index contributed by atoms with van der Waals surface area (Å²) in [5.41, 5.74) is 0.844. The van der Waals surface area contributed by atoms with Gasteiger partial charge in [0.2, 0.25) is 0 Å². The van der Waals surface area contributed by atoms with Crippen LogP contribution in [0.4, 0.5) is 19.0 Å². The topological polar surface area (TPSA) is 78.2 Å². The normalized spacial score (nSPS) is 12.3. The molecule has 2 aromatic rings. The summed E-state index contributed by atoms with van der Waals surface area (Å²) >= 11 is 0. The highest BCUT2D eigenvalue weighted by molar-refractivity contribution is 5.39. The van der Waals surface area contributed by atoms with Gasteiger partial charge in [0.15, 0.2) is 0 Å². The number of ether oxygens (including phenoxy) is 1. The molecule has 0 spiro atoms. The molecule has 1 unspecified atom stereocenters. The second-order valence-corrected chi connectivity index (χ2v) is 4.56. The zero-order chi connectivity index (χ0) is 16.9. The zero-order valence-electron chi connectivity index (χ0n) is 11.7. The number of aromatic nitrogens is 1. The summed E-state index contributed by atoms with van der Waals surface area (Å²) in [5, 5.41) is 21.5. The molecule has 0 aliphatic heterocycles. The Morgan fingerprint density at radius 2 is 1.91 bits per heavy atom. The fraction of sp³-hybridized carbons (Fsp3) is 0.200. The van der Waals surface area contributed by atoms with Crippen LogP contribution in [0.25, 0.3) is 0 Å². The molecular weight excluding hydrogens is 311 g/mol. The largest absolute Gasteiger partial charge is 0.573 e. The summed E-state index contributed by atoms with van der Waals surface area (Å²) in [6, 6.07) is 10.1. The van der Waals surface area contributed by atoms with Gasteiger partial charge in [-0.25, -0.2) is 4.98 Å². The average molecular weight is 323 g/mol. The number of anilines is 1. The summed E-state index contributed by atoms with van der Waals surface area (Å²) in [5.74, 6) is 0.121. The summed E-state index contributed by atoms with van der Waals surface area (Å²) in [6.45, 7) is 0.109. The first kappa shape index (κ1) is 16.6. The van der Waals surface area contributed by atoms with Gasteiger partial charge in [-0.3, -0.25) is 0 Å². The summed E-state index contributed by atoms with van der Waals surface area (Å²) in [7, 11) is 0. The monoisotopic (exact) mass is 323 g/mol. The maximum absolute atomic E-state index is 12.1. The molecule has 0 aliphatic carbocycles. The standard InChI is InChI=1S/C15H12F3N3O2/c16-15(17,18)23-12-4-2-11(3-5-12)13(22)9-21-14-6-1-10(7-19)8-20-14/h1-6,8,13,22H,9H2,(H,20,21). The van der Waals surface area contributed by atoms with E-state index in [9.17, 15) is 18.3 Å².